The lowest BCUT2D eigenvalue weighted by molar-refractivity contribution is -0.139. The molecule has 0 spiro atoms. The van der Waals surface area contributed by atoms with Gasteiger partial charge in [0, 0.05) is 25.0 Å². The number of carbonyl (C=O) groups excluding carboxylic acids is 2. The highest BCUT2D eigenvalue weighted by Crippen LogP contribution is 2.10. The van der Waals surface area contributed by atoms with Crippen LogP contribution in [0.15, 0.2) is 30.3 Å². The average Bonchev–Trinajstić information content (AvgIpc) is 3.05. The number of carbonyl (C=O) groups is 2. The Hall–Kier alpha value is -3.36. The summed E-state index contributed by atoms with van der Waals surface area (Å²) in [7, 11) is 1.55. The maximum Gasteiger partial charge on any atom is 0.379 e. The Morgan fingerprint density at radius 3 is 2.71 bits per heavy atom. The number of nitrogens with zero attached hydrogens (tertiary/aromatic N) is 5. The fraction of sp³-hybridized carbons (Fsp3) is 0.316. The van der Waals surface area contributed by atoms with Crippen molar-refractivity contribution in [3.63, 3.8) is 0 Å². The second-order valence-electron chi connectivity index (χ2n) is 6.56. The van der Waals surface area contributed by atoms with Gasteiger partial charge in [-0.05, 0) is 44.5 Å². The lowest BCUT2D eigenvalue weighted by Crippen LogP contribution is -2.37. The number of halogens is 1. The zero-order valence-electron chi connectivity index (χ0n) is 16.0. The minimum absolute atomic E-state index is 0.173. The van der Waals surface area contributed by atoms with Gasteiger partial charge in [-0.2, -0.15) is 4.98 Å². The van der Waals surface area contributed by atoms with Crippen LogP contribution in [0.3, 0.4) is 0 Å². The summed E-state index contributed by atoms with van der Waals surface area (Å²) in [6.45, 7) is 5.28. The Labute approximate surface area is 161 Å². The third-order valence-electron chi connectivity index (χ3n) is 4.12. The zero-order chi connectivity index (χ0) is 20.4. The van der Waals surface area contributed by atoms with Crippen molar-refractivity contribution < 1.29 is 18.7 Å². The first-order valence-corrected chi connectivity index (χ1v) is 8.66. The van der Waals surface area contributed by atoms with Gasteiger partial charge in [-0.25, -0.2) is 18.7 Å². The lowest BCUT2D eigenvalue weighted by atomic mass is 10.2. The summed E-state index contributed by atoms with van der Waals surface area (Å²) in [5.41, 5.74) is 2.15. The van der Waals surface area contributed by atoms with Crippen molar-refractivity contribution in [3.05, 3.63) is 58.9 Å². The number of amides is 1. The van der Waals surface area contributed by atoms with E-state index in [0.717, 1.165) is 11.4 Å². The molecule has 1 unspecified atom stereocenters. The van der Waals surface area contributed by atoms with Gasteiger partial charge in [0.2, 0.25) is 0 Å². The number of aryl methyl sites for hydroxylation is 2. The molecule has 0 aliphatic carbocycles. The molecule has 0 aliphatic heterocycles. The second-order valence-corrected chi connectivity index (χ2v) is 6.56. The molecule has 0 bridgehead atoms. The molecule has 1 atom stereocenters. The van der Waals surface area contributed by atoms with Crippen LogP contribution >= 0.6 is 0 Å². The Morgan fingerprint density at radius 2 is 2.00 bits per heavy atom. The van der Waals surface area contributed by atoms with Crippen molar-refractivity contribution >= 4 is 17.7 Å². The molecule has 0 saturated carbocycles. The van der Waals surface area contributed by atoms with Crippen molar-refractivity contribution in [1.82, 2.24) is 24.5 Å². The summed E-state index contributed by atoms with van der Waals surface area (Å²) < 4.78 is 19.9. The molecule has 0 N–H and O–H groups in total. The standard InChI is InChI=1S/C19H20FN5O3/c1-11-8-12(2)25-19(21-11)22-16(23-25)18(27)28-13(3)17(26)24(4)10-14-6-5-7-15(20)9-14/h5-9,13H,10H2,1-4H3. The first-order chi connectivity index (χ1) is 13.2. The van der Waals surface area contributed by atoms with E-state index in [0.29, 0.717) is 5.56 Å². The van der Waals surface area contributed by atoms with E-state index in [1.165, 1.54) is 28.5 Å². The number of fused-ring (bicyclic) bond motifs is 1. The van der Waals surface area contributed by atoms with Crippen molar-refractivity contribution in [2.45, 2.75) is 33.4 Å². The highest BCUT2D eigenvalue weighted by atomic mass is 19.1. The van der Waals surface area contributed by atoms with Crippen LogP contribution < -0.4 is 0 Å². The Bertz CT molecular complexity index is 1050. The lowest BCUT2D eigenvalue weighted by Gasteiger charge is -2.21. The number of benzene rings is 1. The number of esters is 1. The predicted octanol–water partition coefficient (Wildman–Crippen LogP) is 2.08. The van der Waals surface area contributed by atoms with Gasteiger partial charge < -0.3 is 9.64 Å². The average molecular weight is 385 g/mol. The Balaban J connectivity index is 1.67. The van der Waals surface area contributed by atoms with Crippen LogP contribution in [0, 0.1) is 19.7 Å². The highest BCUT2D eigenvalue weighted by molar-refractivity contribution is 5.89. The summed E-state index contributed by atoms with van der Waals surface area (Å²) >= 11 is 0. The summed E-state index contributed by atoms with van der Waals surface area (Å²) in [5.74, 6) is -1.51. The first-order valence-electron chi connectivity index (χ1n) is 8.66. The van der Waals surface area contributed by atoms with E-state index >= 15 is 0 Å². The van der Waals surface area contributed by atoms with Crippen LogP contribution in [-0.4, -0.2) is 49.5 Å². The van der Waals surface area contributed by atoms with Gasteiger partial charge in [0.25, 0.3) is 17.5 Å². The summed E-state index contributed by atoms with van der Waals surface area (Å²) in [6, 6.07) is 7.76. The Morgan fingerprint density at radius 1 is 1.25 bits per heavy atom. The summed E-state index contributed by atoms with van der Waals surface area (Å²) in [4.78, 5) is 34.4. The zero-order valence-corrected chi connectivity index (χ0v) is 16.0. The van der Waals surface area contributed by atoms with Gasteiger partial charge in [-0.15, -0.1) is 5.10 Å². The number of hydrogen-bond acceptors (Lipinski definition) is 6. The number of rotatable bonds is 5. The normalized spacial score (nSPS) is 12.0. The van der Waals surface area contributed by atoms with Crippen LogP contribution in [0.4, 0.5) is 4.39 Å². The molecule has 0 radical (unpaired) electrons. The minimum Gasteiger partial charge on any atom is -0.447 e. The van der Waals surface area contributed by atoms with Crippen molar-refractivity contribution in [2.75, 3.05) is 7.05 Å². The molecular formula is C19H20FN5O3. The van der Waals surface area contributed by atoms with E-state index in [2.05, 4.69) is 15.1 Å². The second kappa shape index (κ2) is 7.71. The van der Waals surface area contributed by atoms with Gasteiger partial charge >= 0.3 is 5.97 Å². The smallest absolute Gasteiger partial charge is 0.379 e. The van der Waals surface area contributed by atoms with Gasteiger partial charge in [-0.1, -0.05) is 12.1 Å². The fourth-order valence-corrected chi connectivity index (χ4v) is 2.81. The van der Waals surface area contributed by atoms with Gasteiger partial charge in [0.05, 0.1) is 0 Å². The number of hydrogen-bond donors (Lipinski definition) is 0. The molecule has 146 valence electrons. The Kier molecular flexibility index (Phi) is 5.34. The van der Waals surface area contributed by atoms with E-state index in [4.69, 9.17) is 4.74 Å². The molecule has 3 rings (SSSR count). The van der Waals surface area contributed by atoms with Crippen LogP contribution in [0.5, 0.6) is 0 Å². The molecule has 2 aromatic heterocycles. The van der Waals surface area contributed by atoms with Crippen LogP contribution in [0.25, 0.3) is 5.78 Å². The fourth-order valence-electron chi connectivity index (χ4n) is 2.81. The maximum absolute atomic E-state index is 13.3. The summed E-state index contributed by atoms with van der Waals surface area (Å²) in [5, 5.41) is 4.09. The number of aromatic nitrogens is 4. The first kappa shape index (κ1) is 19.4. The molecule has 2 heterocycles. The predicted molar refractivity (Wildman–Crippen MR) is 98.0 cm³/mol. The molecule has 28 heavy (non-hydrogen) atoms. The number of likely N-dealkylation sites (N-methyl/N-ethyl adjacent to an activating group) is 1. The molecule has 9 heteroatoms. The van der Waals surface area contributed by atoms with E-state index in [1.54, 1.807) is 19.2 Å². The van der Waals surface area contributed by atoms with Crippen molar-refractivity contribution in [1.29, 1.82) is 0 Å². The largest absolute Gasteiger partial charge is 0.447 e. The molecule has 0 aliphatic rings. The topological polar surface area (TPSA) is 89.7 Å². The van der Waals surface area contributed by atoms with E-state index < -0.39 is 18.0 Å². The van der Waals surface area contributed by atoms with Crippen LogP contribution in [0.2, 0.25) is 0 Å². The highest BCUT2D eigenvalue weighted by Gasteiger charge is 2.25. The maximum atomic E-state index is 13.3. The van der Waals surface area contributed by atoms with Gasteiger partial charge in [0.15, 0.2) is 6.10 Å². The molecule has 3 aromatic rings. The van der Waals surface area contributed by atoms with Crippen molar-refractivity contribution in [3.8, 4) is 0 Å². The summed E-state index contributed by atoms with van der Waals surface area (Å²) in [6.07, 6.45) is -1.05. The monoisotopic (exact) mass is 385 g/mol. The molecular weight excluding hydrogens is 365 g/mol. The molecule has 8 nitrogen and oxygen atoms in total. The third-order valence-corrected chi connectivity index (χ3v) is 4.12. The molecule has 1 amide bonds. The van der Waals surface area contributed by atoms with Gasteiger partial charge in [0.1, 0.15) is 5.82 Å². The van der Waals surface area contributed by atoms with E-state index in [-0.39, 0.29) is 24.0 Å². The number of ether oxygens (including phenoxy) is 1. The van der Waals surface area contributed by atoms with Crippen LogP contribution in [-0.2, 0) is 16.1 Å². The van der Waals surface area contributed by atoms with Crippen LogP contribution in [0.1, 0.15) is 34.5 Å². The van der Waals surface area contributed by atoms with E-state index in [9.17, 15) is 14.0 Å². The third kappa shape index (κ3) is 4.13. The van der Waals surface area contributed by atoms with E-state index in [1.807, 2.05) is 19.9 Å². The minimum atomic E-state index is -1.05. The quantitative estimate of drug-likeness (QED) is 0.625. The van der Waals surface area contributed by atoms with Gasteiger partial charge in [-0.3, -0.25) is 4.79 Å². The molecule has 0 saturated heterocycles. The molecule has 0 fully saturated rings. The SMILES string of the molecule is Cc1cc(C)n2nc(C(=O)OC(C)C(=O)N(C)Cc3cccc(F)c3)nc2n1. The molecule has 1 aromatic carbocycles. The van der Waals surface area contributed by atoms with Crippen molar-refractivity contribution in [2.24, 2.45) is 0 Å².